The van der Waals surface area contributed by atoms with Gasteiger partial charge in [0, 0.05) is 6.42 Å². The summed E-state index contributed by atoms with van der Waals surface area (Å²) in [5.41, 5.74) is 5.62. The molecule has 0 unspecified atom stereocenters. The maximum absolute atomic E-state index is 10.4. The molecule has 0 aromatic heterocycles. The zero-order chi connectivity index (χ0) is 9.56. The highest BCUT2D eigenvalue weighted by atomic mass is 16.3. The third-order valence-electron chi connectivity index (χ3n) is 1.41. The number of rotatable bonds is 4. The van der Waals surface area contributed by atoms with E-state index in [9.17, 15) is 9.90 Å². The summed E-state index contributed by atoms with van der Waals surface area (Å²) in [7, 11) is 0. The zero-order valence-electron chi connectivity index (χ0n) is 7.50. The van der Waals surface area contributed by atoms with Crippen molar-refractivity contribution in [2.24, 2.45) is 5.73 Å². The Morgan fingerprint density at radius 3 is 2.50 bits per heavy atom. The van der Waals surface area contributed by atoms with Gasteiger partial charge >= 0.3 is 0 Å². The number of hydrogen-bond acceptors (Lipinski definition) is 2. The van der Waals surface area contributed by atoms with Crippen molar-refractivity contribution in [3.05, 3.63) is 23.5 Å². The van der Waals surface area contributed by atoms with E-state index in [-0.39, 0.29) is 12.2 Å². The molecule has 0 aromatic carbocycles. The number of hydrogen-bond donors (Lipinski definition) is 2. The standard InChI is InChI=1S/C9H15NO2/c1-3-4-8(11)7(2)5-6-9(10)12/h4-5,11H,3,6H2,1-2H3,(H2,10,12)/b7-5-,8-4+. The molecule has 0 spiro atoms. The van der Waals surface area contributed by atoms with E-state index in [4.69, 9.17) is 5.73 Å². The summed E-state index contributed by atoms with van der Waals surface area (Å²) in [6.07, 6.45) is 4.25. The van der Waals surface area contributed by atoms with Gasteiger partial charge in [0.2, 0.25) is 5.91 Å². The molecule has 3 heteroatoms. The average molecular weight is 169 g/mol. The highest BCUT2D eigenvalue weighted by Gasteiger charge is 1.96. The van der Waals surface area contributed by atoms with E-state index in [0.717, 1.165) is 6.42 Å². The van der Waals surface area contributed by atoms with Crippen LogP contribution in [0.2, 0.25) is 0 Å². The maximum atomic E-state index is 10.4. The van der Waals surface area contributed by atoms with Crippen LogP contribution in [-0.2, 0) is 4.79 Å². The average Bonchev–Trinajstić information content (AvgIpc) is 2.00. The lowest BCUT2D eigenvalue weighted by molar-refractivity contribution is -0.117. The van der Waals surface area contributed by atoms with Crippen LogP contribution in [-0.4, -0.2) is 11.0 Å². The van der Waals surface area contributed by atoms with Crippen LogP contribution in [0.1, 0.15) is 26.7 Å². The van der Waals surface area contributed by atoms with Crippen LogP contribution in [0.25, 0.3) is 0 Å². The van der Waals surface area contributed by atoms with Gasteiger partial charge in [-0.05, 0) is 25.0 Å². The molecule has 0 aliphatic carbocycles. The SMILES string of the molecule is CC/C=C(O)\C(C)=C/CC(N)=O. The van der Waals surface area contributed by atoms with E-state index in [1.807, 2.05) is 6.92 Å². The van der Waals surface area contributed by atoms with Crippen LogP contribution in [0, 0.1) is 0 Å². The fraction of sp³-hybridized carbons (Fsp3) is 0.444. The number of allylic oxidation sites excluding steroid dienone is 2. The van der Waals surface area contributed by atoms with Gasteiger partial charge in [0.25, 0.3) is 0 Å². The van der Waals surface area contributed by atoms with Crippen molar-refractivity contribution in [3.8, 4) is 0 Å². The summed E-state index contributed by atoms with van der Waals surface area (Å²) in [6, 6.07) is 0. The Balaban J connectivity index is 4.17. The van der Waals surface area contributed by atoms with Gasteiger partial charge in [-0.2, -0.15) is 0 Å². The van der Waals surface area contributed by atoms with Crippen molar-refractivity contribution >= 4 is 5.91 Å². The van der Waals surface area contributed by atoms with Gasteiger partial charge in [-0.3, -0.25) is 4.79 Å². The number of carbonyl (C=O) groups excluding carboxylic acids is 1. The first-order valence-corrected chi connectivity index (χ1v) is 3.92. The molecule has 0 atom stereocenters. The van der Waals surface area contributed by atoms with Crippen LogP contribution >= 0.6 is 0 Å². The summed E-state index contributed by atoms with van der Waals surface area (Å²) in [5.74, 6) is -0.169. The molecule has 3 N–H and O–H groups in total. The Labute approximate surface area is 72.6 Å². The number of nitrogens with two attached hydrogens (primary N) is 1. The summed E-state index contributed by atoms with van der Waals surface area (Å²) in [6.45, 7) is 3.67. The van der Waals surface area contributed by atoms with Crippen molar-refractivity contribution in [2.75, 3.05) is 0 Å². The van der Waals surface area contributed by atoms with Crippen LogP contribution in [0.5, 0.6) is 0 Å². The second-order valence-electron chi connectivity index (χ2n) is 2.56. The predicted molar refractivity (Wildman–Crippen MR) is 48.6 cm³/mol. The third kappa shape index (κ3) is 4.55. The Morgan fingerprint density at radius 1 is 1.50 bits per heavy atom. The first-order valence-electron chi connectivity index (χ1n) is 3.92. The number of aliphatic hydroxyl groups excluding tert-OH is 1. The molecule has 0 aliphatic heterocycles. The molecule has 1 amide bonds. The Kier molecular flexibility index (Phi) is 4.84. The second-order valence-corrected chi connectivity index (χ2v) is 2.56. The number of primary amides is 1. The monoisotopic (exact) mass is 169 g/mol. The Hall–Kier alpha value is -1.25. The maximum Gasteiger partial charge on any atom is 0.221 e. The van der Waals surface area contributed by atoms with E-state index < -0.39 is 5.91 Å². The molecule has 0 heterocycles. The highest BCUT2D eigenvalue weighted by molar-refractivity contribution is 5.75. The van der Waals surface area contributed by atoms with Gasteiger partial charge in [-0.15, -0.1) is 0 Å². The van der Waals surface area contributed by atoms with E-state index in [0.29, 0.717) is 5.57 Å². The lowest BCUT2D eigenvalue weighted by Gasteiger charge is -1.98. The van der Waals surface area contributed by atoms with Crippen LogP contribution < -0.4 is 5.73 Å². The highest BCUT2D eigenvalue weighted by Crippen LogP contribution is 2.06. The second kappa shape index (κ2) is 5.41. The number of carbonyl (C=O) groups is 1. The molecule has 12 heavy (non-hydrogen) atoms. The first-order chi connectivity index (χ1) is 5.57. The van der Waals surface area contributed by atoms with Gasteiger partial charge in [0.1, 0.15) is 5.76 Å². The van der Waals surface area contributed by atoms with Crippen molar-refractivity contribution in [1.29, 1.82) is 0 Å². The molecule has 3 nitrogen and oxygen atoms in total. The van der Waals surface area contributed by atoms with E-state index in [1.54, 1.807) is 19.1 Å². The normalized spacial score (nSPS) is 13.2. The van der Waals surface area contributed by atoms with Crippen molar-refractivity contribution in [1.82, 2.24) is 0 Å². The van der Waals surface area contributed by atoms with Crippen molar-refractivity contribution < 1.29 is 9.90 Å². The Bertz CT molecular complexity index is 217. The van der Waals surface area contributed by atoms with Crippen LogP contribution in [0.3, 0.4) is 0 Å². The fourth-order valence-electron chi connectivity index (χ4n) is 0.713. The zero-order valence-corrected chi connectivity index (χ0v) is 7.50. The van der Waals surface area contributed by atoms with E-state index in [2.05, 4.69) is 0 Å². The molecule has 0 fully saturated rings. The number of amides is 1. The number of aliphatic hydroxyl groups is 1. The Morgan fingerprint density at radius 2 is 2.08 bits per heavy atom. The molecule has 0 radical (unpaired) electrons. The summed E-state index contributed by atoms with van der Waals surface area (Å²) in [4.78, 5) is 10.4. The first kappa shape index (κ1) is 10.8. The van der Waals surface area contributed by atoms with Crippen LogP contribution in [0.4, 0.5) is 0 Å². The van der Waals surface area contributed by atoms with Crippen molar-refractivity contribution in [3.63, 3.8) is 0 Å². The quantitative estimate of drug-likeness (QED) is 0.496. The van der Waals surface area contributed by atoms with Crippen molar-refractivity contribution in [2.45, 2.75) is 26.7 Å². The van der Waals surface area contributed by atoms with Gasteiger partial charge < -0.3 is 10.8 Å². The molecule has 0 rings (SSSR count). The lowest BCUT2D eigenvalue weighted by Crippen LogP contribution is -2.08. The molecular formula is C9H15NO2. The minimum atomic E-state index is -0.390. The topological polar surface area (TPSA) is 63.3 Å². The van der Waals surface area contributed by atoms with Crippen LogP contribution in [0.15, 0.2) is 23.5 Å². The molecular weight excluding hydrogens is 154 g/mol. The summed E-state index contributed by atoms with van der Waals surface area (Å²) in [5, 5.41) is 9.27. The molecule has 68 valence electrons. The lowest BCUT2D eigenvalue weighted by atomic mass is 10.2. The van der Waals surface area contributed by atoms with Gasteiger partial charge in [-0.25, -0.2) is 0 Å². The summed E-state index contributed by atoms with van der Waals surface area (Å²) >= 11 is 0. The largest absolute Gasteiger partial charge is 0.508 e. The van der Waals surface area contributed by atoms with E-state index >= 15 is 0 Å². The van der Waals surface area contributed by atoms with Gasteiger partial charge in [0.15, 0.2) is 0 Å². The predicted octanol–water partition coefficient (Wildman–Crippen LogP) is 1.66. The van der Waals surface area contributed by atoms with Gasteiger partial charge in [-0.1, -0.05) is 13.0 Å². The minimum Gasteiger partial charge on any atom is -0.508 e. The molecule has 0 saturated heterocycles. The van der Waals surface area contributed by atoms with E-state index in [1.165, 1.54) is 0 Å². The molecule has 0 bridgehead atoms. The summed E-state index contributed by atoms with van der Waals surface area (Å²) < 4.78 is 0. The smallest absolute Gasteiger partial charge is 0.221 e. The molecule has 0 aliphatic rings. The molecule has 0 saturated carbocycles. The van der Waals surface area contributed by atoms with Gasteiger partial charge in [0.05, 0.1) is 0 Å². The minimum absolute atomic E-state index is 0.174. The molecule has 0 aromatic rings. The fourth-order valence-corrected chi connectivity index (χ4v) is 0.713. The third-order valence-corrected chi connectivity index (χ3v) is 1.41.